The van der Waals surface area contributed by atoms with E-state index in [-0.39, 0.29) is 0 Å². The first-order valence-electron chi connectivity index (χ1n) is 6.04. The molecule has 3 rings (SSSR count). The Morgan fingerprint density at radius 2 is 2.26 bits per heavy atom. The molecule has 1 unspecified atom stereocenters. The molecule has 1 aromatic carbocycles. The van der Waals surface area contributed by atoms with E-state index in [4.69, 9.17) is 16.3 Å². The zero-order valence-electron chi connectivity index (χ0n) is 10.0. The third-order valence-corrected chi connectivity index (χ3v) is 5.72. The Bertz CT molecular complexity index is 592. The lowest BCUT2D eigenvalue weighted by Gasteiger charge is -2.22. The fraction of sp³-hybridized carbons (Fsp3) is 0.286. The Morgan fingerprint density at radius 1 is 1.42 bits per heavy atom. The number of para-hydroxylation sites is 1. The molecular weight excluding hydrogens is 348 g/mol. The first-order chi connectivity index (χ1) is 9.16. The zero-order chi connectivity index (χ0) is 13.4. The quantitative estimate of drug-likeness (QED) is 0.851. The van der Waals surface area contributed by atoms with E-state index in [1.165, 1.54) is 16.9 Å². The Labute approximate surface area is 129 Å². The summed E-state index contributed by atoms with van der Waals surface area (Å²) >= 11 is 10.8. The molecule has 2 aromatic rings. The molecule has 1 atom stereocenters. The lowest BCUT2D eigenvalue weighted by atomic mass is 9.99. The highest BCUT2D eigenvalue weighted by Gasteiger charge is 2.22. The maximum atomic E-state index is 10.5. The molecule has 0 radical (unpaired) electrons. The number of hydrogen-bond acceptors (Lipinski definition) is 3. The van der Waals surface area contributed by atoms with E-state index in [0.29, 0.717) is 10.9 Å². The summed E-state index contributed by atoms with van der Waals surface area (Å²) in [5.74, 6) is 0.835. The minimum atomic E-state index is -0.693. The van der Waals surface area contributed by atoms with Gasteiger partial charge in [0.15, 0.2) is 0 Å². The van der Waals surface area contributed by atoms with Crippen LogP contribution in [-0.4, -0.2) is 11.7 Å². The molecule has 19 heavy (non-hydrogen) atoms. The predicted octanol–water partition coefficient (Wildman–Crippen LogP) is 4.57. The SMILES string of the molecule is OC(c1cc(Br)c(Cl)s1)c1cccc2c1OCCC2. The Morgan fingerprint density at radius 3 is 3.00 bits per heavy atom. The summed E-state index contributed by atoms with van der Waals surface area (Å²) in [6, 6.07) is 7.80. The maximum Gasteiger partial charge on any atom is 0.128 e. The molecule has 1 N–H and O–H groups in total. The Hall–Kier alpha value is -0.550. The molecule has 1 aliphatic rings. The van der Waals surface area contributed by atoms with Crippen molar-refractivity contribution in [1.29, 1.82) is 0 Å². The minimum absolute atomic E-state index is 0.653. The van der Waals surface area contributed by atoms with Crippen LogP contribution in [0.1, 0.15) is 28.5 Å². The first kappa shape index (κ1) is 13.4. The smallest absolute Gasteiger partial charge is 0.128 e. The van der Waals surface area contributed by atoms with Crippen molar-refractivity contribution in [3.05, 3.63) is 49.1 Å². The maximum absolute atomic E-state index is 10.5. The molecule has 0 saturated carbocycles. The number of aliphatic hydroxyl groups excluding tert-OH is 1. The molecule has 5 heteroatoms. The number of halogens is 2. The largest absolute Gasteiger partial charge is 0.493 e. The van der Waals surface area contributed by atoms with Crippen molar-refractivity contribution in [3.8, 4) is 5.75 Å². The average Bonchev–Trinajstić information content (AvgIpc) is 2.77. The second-order valence-electron chi connectivity index (χ2n) is 4.46. The summed E-state index contributed by atoms with van der Waals surface area (Å²) in [6.45, 7) is 0.714. The van der Waals surface area contributed by atoms with Crippen LogP contribution in [0.4, 0.5) is 0 Å². The van der Waals surface area contributed by atoms with Crippen molar-refractivity contribution in [2.24, 2.45) is 0 Å². The zero-order valence-corrected chi connectivity index (χ0v) is 13.2. The third-order valence-electron chi connectivity index (χ3n) is 3.19. The molecular formula is C14H12BrClO2S. The summed E-state index contributed by atoms with van der Waals surface area (Å²) in [4.78, 5) is 0.819. The van der Waals surface area contributed by atoms with E-state index in [1.54, 1.807) is 0 Å². The van der Waals surface area contributed by atoms with E-state index >= 15 is 0 Å². The van der Waals surface area contributed by atoms with Gasteiger partial charge in [0, 0.05) is 14.9 Å². The van der Waals surface area contributed by atoms with E-state index in [9.17, 15) is 5.11 Å². The van der Waals surface area contributed by atoms with Gasteiger partial charge in [-0.05, 0) is 40.4 Å². The van der Waals surface area contributed by atoms with Crippen molar-refractivity contribution in [2.45, 2.75) is 18.9 Å². The van der Waals surface area contributed by atoms with Crippen molar-refractivity contribution in [3.63, 3.8) is 0 Å². The summed E-state index contributed by atoms with van der Waals surface area (Å²) in [5, 5.41) is 10.5. The van der Waals surface area contributed by atoms with Crippen LogP contribution < -0.4 is 4.74 Å². The highest BCUT2D eigenvalue weighted by atomic mass is 79.9. The van der Waals surface area contributed by atoms with Crippen LogP contribution in [0.3, 0.4) is 0 Å². The molecule has 0 fully saturated rings. The van der Waals surface area contributed by atoms with Gasteiger partial charge in [0.1, 0.15) is 16.2 Å². The number of hydrogen-bond donors (Lipinski definition) is 1. The molecule has 0 bridgehead atoms. The van der Waals surface area contributed by atoms with Crippen molar-refractivity contribution >= 4 is 38.9 Å². The molecule has 0 saturated heterocycles. The monoisotopic (exact) mass is 358 g/mol. The van der Waals surface area contributed by atoms with E-state index in [0.717, 1.165) is 33.5 Å². The van der Waals surface area contributed by atoms with Crippen LogP contribution >= 0.6 is 38.9 Å². The van der Waals surface area contributed by atoms with Crippen molar-refractivity contribution < 1.29 is 9.84 Å². The van der Waals surface area contributed by atoms with Crippen molar-refractivity contribution in [2.75, 3.05) is 6.61 Å². The number of aryl methyl sites for hydroxylation is 1. The number of thiophene rings is 1. The Kier molecular flexibility index (Phi) is 3.85. The van der Waals surface area contributed by atoms with E-state index in [2.05, 4.69) is 22.0 Å². The van der Waals surface area contributed by atoms with Gasteiger partial charge >= 0.3 is 0 Å². The minimum Gasteiger partial charge on any atom is -0.493 e. The number of rotatable bonds is 2. The molecule has 1 aromatic heterocycles. The lowest BCUT2D eigenvalue weighted by Crippen LogP contribution is -2.12. The fourth-order valence-corrected chi connectivity index (χ4v) is 4.02. The topological polar surface area (TPSA) is 29.5 Å². The van der Waals surface area contributed by atoms with Gasteiger partial charge in [-0.2, -0.15) is 0 Å². The summed E-state index contributed by atoms with van der Waals surface area (Å²) in [5.41, 5.74) is 1.99. The second-order valence-corrected chi connectivity index (χ2v) is 7.00. The highest BCUT2D eigenvalue weighted by molar-refractivity contribution is 9.10. The van der Waals surface area contributed by atoms with Crippen LogP contribution in [0.25, 0.3) is 0 Å². The summed E-state index contributed by atoms with van der Waals surface area (Å²) in [7, 11) is 0. The predicted molar refractivity (Wildman–Crippen MR) is 81.3 cm³/mol. The van der Waals surface area contributed by atoms with Gasteiger partial charge in [0.2, 0.25) is 0 Å². The second kappa shape index (κ2) is 5.44. The molecule has 100 valence electrons. The third kappa shape index (κ3) is 2.55. The molecule has 0 amide bonds. The molecule has 2 heterocycles. The fourth-order valence-electron chi connectivity index (χ4n) is 2.28. The van der Waals surface area contributed by atoms with Gasteiger partial charge in [-0.25, -0.2) is 0 Å². The van der Waals surface area contributed by atoms with Crippen LogP contribution in [0, 0.1) is 0 Å². The van der Waals surface area contributed by atoms with Crippen LogP contribution in [-0.2, 0) is 6.42 Å². The van der Waals surface area contributed by atoms with E-state index in [1.807, 2.05) is 18.2 Å². The first-order valence-corrected chi connectivity index (χ1v) is 8.03. The Balaban J connectivity index is 2.02. The number of ether oxygens (including phenoxy) is 1. The number of fused-ring (bicyclic) bond motifs is 1. The van der Waals surface area contributed by atoms with Gasteiger partial charge in [-0.1, -0.05) is 29.8 Å². The summed E-state index contributed by atoms with van der Waals surface area (Å²) in [6.07, 6.45) is 1.34. The van der Waals surface area contributed by atoms with Crippen LogP contribution in [0.15, 0.2) is 28.7 Å². The number of benzene rings is 1. The summed E-state index contributed by atoms with van der Waals surface area (Å²) < 4.78 is 7.21. The van der Waals surface area contributed by atoms with Gasteiger partial charge in [-0.15, -0.1) is 11.3 Å². The average molecular weight is 360 g/mol. The van der Waals surface area contributed by atoms with Crippen LogP contribution in [0.2, 0.25) is 4.34 Å². The van der Waals surface area contributed by atoms with Gasteiger partial charge in [-0.3, -0.25) is 0 Å². The van der Waals surface area contributed by atoms with E-state index < -0.39 is 6.10 Å². The molecule has 1 aliphatic heterocycles. The molecule has 0 spiro atoms. The van der Waals surface area contributed by atoms with Gasteiger partial charge in [0.25, 0.3) is 0 Å². The standard InChI is InChI=1S/C14H12BrClO2S/c15-10-7-11(19-14(10)16)12(17)9-5-1-3-8-4-2-6-18-13(8)9/h1,3,5,7,12,17H,2,4,6H2. The van der Waals surface area contributed by atoms with Gasteiger partial charge < -0.3 is 9.84 Å². The highest BCUT2D eigenvalue weighted by Crippen LogP contribution is 2.41. The van der Waals surface area contributed by atoms with Crippen LogP contribution in [0.5, 0.6) is 5.75 Å². The van der Waals surface area contributed by atoms with Gasteiger partial charge in [0.05, 0.1) is 6.61 Å². The van der Waals surface area contributed by atoms with Crippen molar-refractivity contribution in [1.82, 2.24) is 0 Å². The number of aliphatic hydroxyl groups is 1. The molecule has 2 nitrogen and oxygen atoms in total. The molecule has 0 aliphatic carbocycles. The lowest BCUT2D eigenvalue weighted by molar-refractivity contribution is 0.210. The normalized spacial score (nSPS) is 15.7.